The molecule has 0 aromatic heterocycles. The van der Waals surface area contributed by atoms with Crippen LogP contribution in [0.3, 0.4) is 0 Å². The molecule has 6 heteroatoms. The maximum Gasteiger partial charge on any atom is 0.261 e. The first-order valence-electron chi connectivity index (χ1n) is 6.14. The number of hydrogen-bond acceptors (Lipinski definition) is 3. The highest BCUT2D eigenvalue weighted by atomic mass is 79.9. The van der Waals surface area contributed by atoms with E-state index in [0.717, 1.165) is 10.0 Å². The molecule has 21 heavy (non-hydrogen) atoms. The Kier molecular flexibility index (Phi) is 4.35. The predicted octanol–water partition coefficient (Wildman–Crippen LogP) is 3.74. The van der Waals surface area contributed by atoms with Crippen LogP contribution in [0.5, 0.6) is 0 Å². The first-order chi connectivity index (χ1) is 9.85. The van der Waals surface area contributed by atoms with E-state index < -0.39 is 10.0 Å². The molecular formula is C15H13BrN2O2S. The molecule has 4 nitrogen and oxygen atoms in total. The third kappa shape index (κ3) is 3.26. The lowest BCUT2D eigenvalue weighted by molar-refractivity contribution is 0.601. The van der Waals surface area contributed by atoms with E-state index in [-0.39, 0.29) is 4.90 Å². The summed E-state index contributed by atoms with van der Waals surface area (Å²) in [6, 6.07) is 11.8. The van der Waals surface area contributed by atoms with Crippen molar-refractivity contribution in [2.24, 2.45) is 0 Å². The molecular weight excluding hydrogens is 352 g/mol. The lowest BCUT2D eigenvalue weighted by Gasteiger charge is -2.12. The molecule has 0 aliphatic rings. The summed E-state index contributed by atoms with van der Waals surface area (Å²) >= 11 is 3.37. The van der Waals surface area contributed by atoms with Gasteiger partial charge in [0.1, 0.15) is 0 Å². The van der Waals surface area contributed by atoms with Crippen molar-refractivity contribution in [2.45, 2.75) is 18.7 Å². The Morgan fingerprint density at radius 1 is 1.19 bits per heavy atom. The first-order valence-corrected chi connectivity index (χ1v) is 8.41. The molecule has 2 aromatic rings. The van der Waals surface area contributed by atoms with Gasteiger partial charge in [-0.3, -0.25) is 4.72 Å². The fourth-order valence-corrected chi connectivity index (χ4v) is 3.42. The average Bonchev–Trinajstić information content (AvgIpc) is 2.43. The average molecular weight is 365 g/mol. The molecule has 2 rings (SSSR count). The van der Waals surface area contributed by atoms with Crippen molar-refractivity contribution in [2.75, 3.05) is 4.72 Å². The summed E-state index contributed by atoms with van der Waals surface area (Å²) in [6.45, 7) is 3.54. The van der Waals surface area contributed by atoms with E-state index in [0.29, 0.717) is 16.8 Å². The van der Waals surface area contributed by atoms with E-state index >= 15 is 0 Å². The van der Waals surface area contributed by atoms with Gasteiger partial charge in [-0.05, 0) is 55.3 Å². The molecule has 108 valence electrons. The number of aryl methyl sites for hydroxylation is 1. The molecule has 0 aliphatic heterocycles. The Hall–Kier alpha value is -1.84. The number of nitrogens with one attached hydrogen (secondary N) is 1. The van der Waals surface area contributed by atoms with Crippen LogP contribution < -0.4 is 4.72 Å². The van der Waals surface area contributed by atoms with Crippen LogP contribution in [0, 0.1) is 25.2 Å². The second-order valence-corrected chi connectivity index (χ2v) is 7.14. The van der Waals surface area contributed by atoms with Crippen LogP contribution in [0.15, 0.2) is 45.8 Å². The quantitative estimate of drug-likeness (QED) is 0.901. The van der Waals surface area contributed by atoms with E-state index in [1.807, 2.05) is 19.1 Å². The maximum atomic E-state index is 12.4. The van der Waals surface area contributed by atoms with Crippen LogP contribution >= 0.6 is 15.9 Å². The van der Waals surface area contributed by atoms with Crippen molar-refractivity contribution >= 4 is 31.6 Å². The van der Waals surface area contributed by atoms with E-state index in [1.54, 1.807) is 19.1 Å². The van der Waals surface area contributed by atoms with Gasteiger partial charge >= 0.3 is 0 Å². The number of rotatable bonds is 3. The smallest absolute Gasteiger partial charge is 0.261 e. The van der Waals surface area contributed by atoms with Gasteiger partial charge in [-0.1, -0.05) is 22.0 Å². The molecule has 0 saturated heterocycles. The molecule has 0 spiro atoms. The monoisotopic (exact) mass is 364 g/mol. The minimum Gasteiger partial charge on any atom is -0.279 e. The van der Waals surface area contributed by atoms with Crippen LogP contribution in [0.4, 0.5) is 5.69 Å². The third-order valence-corrected chi connectivity index (χ3v) is 5.36. The fraction of sp³-hybridized carbons (Fsp3) is 0.133. The summed E-state index contributed by atoms with van der Waals surface area (Å²) in [5.74, 6) is 0. The largest absolute Gasteiger partial charge is 0.279 e. The second-order valence-electron chi connectivity index (χ2n) is 4.61. The Bertz CT molecular complexity index is 839. The fourth-order valence-electron chi connectivity index (χ4n) is 1.85. The SMILES string of the molecule is Cc1cc(S(=O)(=O)Nc2cccc(Br)c2C)ccc1C#N. The van der Waals surface area contributed by atoms with Crippen LogP contribution in [0.2, 0.25) is 0 Å². The Morgan fingerprint density at radius 3 is 2.52 bits per heavy atom. The van der Waals surface area contributed by atoms with Gasteiger partial charge in [0.05, 0.1) is 22.2 Å². The number of anilines is 1. The highest BCUT2D eigenvalue weighted by Crippen LogP contribution is 2.26. The van der Waals surface area contributed by atoms with Crippen molar-refractivity contribution < 1.29 is 8.42 Å². The number of hydrogen-bond donors (Lipinski definition) is 1. The summed E-state index contributed by atoms with van der Waals surface area (Å²) < 4.78 is 28.2. The first kappa shape index (κ1) is 15.5. The zero-order valence-corrected chi connectivity index (χ0v) is 13.9. The van der Waals surface area contributed by atoms with Gasteiger partial charge in [0.15, 0.2) is 0 Å². The van der Waals surface area contributed by atoms with Gasteiger partial charge in [-0.15, -0.1) is 0 Å². The lowest BCUT2D eigenvalue weighted by Crippen LogP contribution is -2.14. The molecule has 0 atom stereocenters. The lowest BCUT2D eigenvalue weighted by atomic mass is 10.1. The molecule has 0 bridgehead atoms. The molecule has 0 unspecified atom stereocenters. The topological polar surface area (TPSA) is 70.0 Å². The summed E-state index contributed by atoms with van der Waals surface area (Å²) in [6.07, 6.45) is 0. The Balaban J connectivity index is 2.41. The van der Waals surface area contributed by atoms with Crippen LogP contribution in [0.25, 0.3) is 0 Å². The van der Waals surface area contributed by atoms with Crippen LogP contribution in [-0.2, 0) is 10.0 Å². The highest BCUT2D eigenvalue weighted by Gasteiger charge is 2.16. The summed E-state index contributed by atoms with van der Waals surface area (Å²) in [7, 11) is -3.68. The number of nitrogens with zero attached hydrogens (tertiary/aromatic N) is 1. The van der Waals surface area contributed by atoms with Crippen molar-refractivity contribution in [3.8, 4) is 6.07 Å². The molecule has 2 aromatic carbocycles. The van der Waals surface area contributed by atoms with E-state index in [2.05, 4.69) is 20.7 Å². The van der Waals surface area contributed by atoms with Gasteiger partial charge in [0.2, 0.25) is 0 Å². The zero-order chi connectivity index (χ0) is 15.6. The van der Waals surface area contributed by atoms with Crippen molar-refractivity contribution in [3.63, 3.8) is 0 Å². The Labute approximate surface area is 132 Å². The predicted molar refractivity (Wildman–Crippen MR) is 85.6 cm³/mol. The van der Waals surface area contributed by atoms with E-state index in [1.165, 1.54) is 18.2 Å². The molecule has 1 N–H and O–H groups in total. The second kappa shape index (κ2) is 5.88. The van der Waals surface area contributed by atoms with Crippen LogP contribution in [-0.4, -0.2) is 8.42 Å². The number of nitriles is 1. The van der Waals surface area contributed by atoms with Gasteiger partial charge in [-0.2, -0.15) is 5.26 Å². The molecule has 0 heterocycles. The van der Waals surface area contributed by atoms with E-state index in [4.69, 9.17) is 5.26 Å². The zero-order valence-electron chi connectivity index (χ0n) is 11.5. The van der Waals surface area contributed by atoms with Crippen molar-refractivity contribution in [3.05, 3.63) is 57.6 Å². The van der Waals surface area contributed by atoms with Crippen molar-refractivity contribution in [1.29, 1.82) is 5.26 Å². The van der Waals surface area contributed by atoms with Gasteiger partial charge in [0.25, 0.3) is 10.0 Å². The number of sulfonamides is 1. The van der Waals surface area contributed by atoms with Gasteiger partial charge < -0.3 is 0 Å². The minimum atomic E-state index is -3.68. The Morgan fingerprint density at radius 2 is 1.90 bits per heavy atom. The maximum absolute atomic E-state index is 12.4. The van der Waals surface area contributed by atoms with E-state index in [9.17, 15) is 8.42 Å². The summed E-state index contributed by atoms with van der Waals surface area (Å²) in [5, 5.41) is 8.89. The molecule has 0 aliphatic carbocycles. The minimum absolute atomic E-state index is 0.137. The molecule has 0 amide bonds. The van der Waals surface area contributed by atoms with Gasteiger partial charge in [0, 0.05) is 4.47 Å². The third-order valence-electron chi connectivity index (χ3n) is 3.14. The van der Waals surface area contributed by atoms with Crippen LogP contribution in [0.1, 0.15) is 16.7 Å². The molecule has 0 saturated carbocycles. The number of benzene rings is 2. The number of halogens is 1. The van der Waals surface area contributed by atoms with Gasteiger partial charge in [-0.25, -0.2) is 8.42 Å². The summed E-state index contributed by atoms with van der Waals surface area (Å²) in [4.78, 5) is 0.137. The molecule has 0 fully saturated rings. The van der Waals surface area contributed by atoms with Crippen molar-refractivity contribution in [1.82, 2.24) is 0 Å². The highest BCUT2D eigenvalue weighted by molar-refractivity contribution is 9.10. The standard InChI is InChI=1S/C15H13BrN2O2S/c1-10-8-13(7-6-12(10)9-17)21(19,20)18-15-5-3-4-14(16)11(15)2/h3-8,18H,1-2H3. The molecule has 0 radical (unpaired) electrons. The summed E-state index contributed by atoms with van der Waals surface area (Å²) in [5.41, 5.74) is 2.43. The normalized spacial score (nSPS) is 11.0.